The van der Waals surface area contributed by atoms with E-state index in [-0.39, 0.29) is 23.3 Å². The van der Waals surface area contributed by atoms with Gasteiger partial charge in [0.2, 0.25) is 15.9 Å². The number of nitrogens with one attached hydrogen (secondary N) is 3. The summed E-state index contributed by atoms with van der Waals surface area (Å²) in [7, 11) is -1.84. The highest BCUT2D eigenvalue weighted by atomic mass is 32.2. The highest BCUT2D eigenvalue weighted by Gasteiger charge is 2.29. The fraction of sp³-hybridized carbons (Fsp3) is 0.367. The van der Waals surface area contributed by atoms with E-state index in [1.807, 2.05) is 36.4 Å². The van der Waals surface area contributed by atoms with Gasteiger partial charge < -0.3 is 15.0 Å². The summed E-state index contributed by atoms with van der Waals surface area (Å²) in [5.74, 6) is 1.10. The number of hydrogen-bond donors (Lipinski definition) is 3. The lowest BCUT2D eigenvalue weighted by Gasteiger charge is -2.28. The first-order valence-corrected chi connectivity index (χ1v) is 15.3. The zero-order valence-corrected chi connectivity index (χ0v) is 24.4. The number of benzene rings is 2. The minimum atomic E-state index is -3.95. The Morgan fingerprint density at radius 1 is 1.20 bits per heavy atom. The number of amides is 1. The second-order valence-electron chi connectivity index (χ2n) is 11.0. The maximum absolute atomic E-state index is 13.4. The lowest BCUT2D eigenvalue weighted by Crippen LogP contribution is -2.37. The van der Waals surface area contributed by atoms with Crippen molar-refractivity contribution >= 4 is 15.9 Å². The van der Waals surface area contributed by atoms with E-state index in [0.717, 1.165) is 30.0 Å². The second-order valence-corrected chi connectivity index (χ2v) is 12.7. The van der Waals surface area contributed by atoms with Gasteiger partial charge in [0.15, 0.2) is 0 Å². The van der Waals surface area contributed by atoms with Crippen LogP contribution in [0.4, 0.5) is 0 Å². The zero-order valence-electron chi connectivity index (χ0n) is 23.5. The number of fused-ring (bicyclic) bond motifs is 2. The van der Waals surface area contributed by atoms with Crippen molar-refractivity contribution < 1.29 is 22.9 Å². The van der Waals surface area contributed by atoms with Gasteiger partial charge in [-0.25, -0.2) is 23.7 Å². The van der Waals surface area contributed by atoms with E-state index in [4.69, 9.17) is 9.68 Å². The molecule has 2 atom stereocenters. The van der Waals surface area contributed by atoms with Crippen LogP contribution in [0.2, 0.25) is 0 Å². The maximum atomic E-state index is 13.4. The summed E-state index contributed by atoms with van der Waals surface area (Å²) in [6.45, 7) is 6.70. The highest BCUT2D eigenvalue weighted by Crippen LogP contribution is 2.34. The van der Waals surface area contributed by atoms with Crippen molar-refractivity contribution in [2.24, 2.45) is 5.92 Å². The first kappa shape index (κ1) is 28.9. The van der Waals surface area contributed by atoms with Crippen molar-refractivity contribution in [1.29, 1.82) is 0 Å². The van der Waals surface area contributed by atoms with Crippen molar-refractivity contribution in [2.45, 2.75) is 45.3 Å². The zero-order chi connectivity index (χ0) is 29.0. The lowest BCUT2D eigenvalue weighted by molar-refractivity contribution is -0.122. The van der Waals surface area contributed by atoms with Gasteiger partial charge in [0, 0.05) is 37.7 Å². The molecule has 1 amide bonds. The smallest absolute Gasteiger partial charge is 0.241 e. The maximum Gasteiger partial charge on any atom is 0.241 e. The van der Waals surface area contributed by atoms with Crippen molar-refractivity contribution in [3.63, 3.8) is 0 Å². The molecule has 0 aliphatic carbocycles. The topological polar surface area (TPSA) is 112 Å². The number of hydrogen-bond acceptors (Lipinski definition) is 8. The normalized spacial score (nSPS) is 18.7. The summed E-state index contributed by atoms with van der Waals surface area (Å²) in [5.41, 5.74) is 5.91. The van der Waals surface area contributed by atoms with Crippen LogP contribution in [0.5, 0.6) is 5.75 Å². The Hall–Kier alpha value is -3.64. The van der Waals surface area contributed by atoms with Crippen LogP contribution < -0.4 is 20.3 Å². The number of allylic oxidation sites excluding steroid dienone is 2. The molecule has 3 N–H and O–H groups in total. The number of sulfonamides is 1. The molecule has 0 aromatic heterocycles. The van der Waals surface area contributed by atoms with Crippen LogP contribution in [0, 0.1) is 5.92 Å². The van der Waals surface area contributed by atoms with Crippen LogP contribution in [-0.2, 0) is 26.3 Å². The Morgan fingerprint density at radius 3 is 2.78 bits per heavy atom. The minimum Gasteiger partial charge on any atom is -0.493 e. The number of nitrogens with zero attached hydrogens (tertiary/aromatic N) is 2. The number of ether oxygens (including phenoxy) is 1. The summed E-state index contributed by atoms with van der Waals surface area (Å²) >= 11 is 0. The second kappa shape index (κ2) is 12.5. The molecule has 3 heterocycles. The standard InChI is InChI=1S/C30H37N5O5S/c1-21(2)19-34(3)20-22-9-10-26-27(12-14-39-29(26)15-22)32-30(36)17-28(23-7-5-4-6-8-23)33-41(37,38)25-11-13-35-24(16-25)18-31-40-35/h4-11,13,15-16,18,21,27-28,31,33H,12,14,17,19-20H2,1-3H3,(H,32,36). The molecule has 41 heavy (non-hydrogen) atoms. The average Bonchev–Trinajstić information content (AvgIpc) is 3.41. The van der Waals surface area contributed by atoms with E-state index in [0.29, 0.717) is 30.2 Å². The molecular formula is C30H37N5O5S. The monoisotopic (exact) mass is 579 g/mol. The van der Waals surface area contributed by atoms with Gasteiger partial charge in [-0.1, -0.05) is 56.3 Å². The summed E-state index contributed by atoms with van der Waals surface area (Å²) < 4.78 is 35.4. The average molecular weight is 580 g/mol. The third-order valence-corrected chi connectivity index (χ3v) is 8.53. The summed E-state index contributed by atoms with van der Waals surface area (Å²) in [6.07, 6.45) is 6.58. The fourth-order valence-electron chi connectivity index (χ4n) is 5.27. The van der Waals surface area contributed by atoms with Gasteiger partial charge in [-0.05, 0) is 42.3 Å². The summed E-state index contributed by atoms with van der Waals surface area (Å²) in [4.78, 5) is 20.9. The van der Waals surface area contributed by atoms with Crippen molar-refractivity contribution in [3.05, 3.63) is 100 Å². The van der Waals surface area contributed by atoms with Crippen LogP contribution in [0.1, 0.15) is 55.5 Å². The lowest BCUT2D eigenvalue weighted by atomic mass is 9.97. The molecule has 10 nitrogen and oxygen atoms in total. The van der Waals surface area contributed by atoms with Gasteiger partial charge in [-0.2, -0.15) is 4.94 Å². The van der Waals surface area contributed by atoms with Gasteiger partial charge >= 0.3 is 0 Å². The SMILES string of the molecule is CC(C)CN(C)Cc1ccc2c(c1)OCCC2NC(=O)CC(NS(=O)(=O)C1=CC2=CNON2C=C1)c1ccccc1. The number of carbonyl (C=O) groups is 1. The molecule has 2 aromatic carbocycles. The largest absolute Gasteiger partial charge is 0.493 e. The van der Waals surface area contributed by atoms with Gasteiger partial charge in [-0.3, -0.25) is 4.79 Å². The molecule has 11 heteroatoms. The van der Waals surface area contributed by atoms with E-state index >= 15 is 0 Å². The van der Waals surface area contributed by atoms with Crippen LogP contribution in [0.15, 0.2) is 83.7 Å². The molecule has 218 valence electrons. The first-order chi connectivity index (χ1) is 19.7. The Labute approximate surface area is 241 Å². The number of rotatable bonds is 11. The van der Waals surface area contributed by atoms with E-state index in [2.05, 4.69) is 53.4 Å². The molecule has 3 aliphatic heterocycles. The molecule has 5 rings (SSSR count). The summed E-state index contributed by atoms with van der Waals surface area (Å²) in [5, 5.41) is 4.54. The van der Waals surface area contributed by atoms with Gasteiger partial charge in [0.1, 0.15) is 5.75 Å². The van der Waals surface area contributed by atoms with Crippen LogP contribution in [-0.4, -0.2) is 44.5 Å². The molecule has 0 radical (unpaired) electrons. The van der Waals surface area contributed by atoms with E-state index in [1.54, 1.807) is 6.20 Å². The third kappa shape index (κ3) is 7.17. The molecule has 0 saturated heterocycles. The van der Waals surface area contributed by atoms with Crippen LogP contribution in [0.25, 0.3) is 0 Å². The summed E-state index contributed by atoms with van der Waals surface area (Å²) in [6, 6.07) is 14.3. The predicted octanol–water partition coefficient (Wildman–Crippen LogP) is 3.77. The van der Waals surface area contributed by atoms with Gasteiger partial charge in [0.25, 0.3) is 0 Å². The molecule has 2 unspecified atom stereocenters. The Kier molecular flexibility index (Phi) is 8.79. The quantitative estimate of drug-likeness (QED) is 0.369. The molecule has 2 aromatic rings. The van der Waals surface area contributed by atoms with E-state index < -0.39 is 16.1 Å². The number of hydroxylamine groups is 3. The molecule has 3 aliphatic rings. The van der Waals surface area contributed by atoms with Crippen molar-refractivity contribution in [3.8, 4) is 5.75 Å². The van der Waals surface area contributed by atoms with Crippen molar-refractivity contribution in [1.82, 2.24) is 25.5 Å². The van der Waals surface area contributed by atoms with Crippen LogP contribution in [0.3, 0.4) is 0 Å². The first-order valence-electron chi connectivity index (χ1n) is 13.8. The molecule has 0 spiro atoms. The molecular weight excluding hydrogens is 542 g/mol. The molecule has 0 fully saturated rings. The molecule has 0 saturated carbocycles. The molecule has 0 bridgehead atoms. The minimum absolute atomic E-state index is 0.0650. The Morgan fingerprint density at radius 2 is 2.00 bits per heavy atom. The van der Waals surface area contributed by atoms with Gasteiger partial charge in [-0.15, -0.1) is 0 Å². The number of carbonyl (C=O) groups excluding carboxylic acids is 1. The van der Waals surface area contributed by atoms with Crippen molar-refractivity contribution in [2.75, 3.05) is 20.2 Å². The van der Waals surface area contributed by atoms with E-state index in [1.165, 1.54) is 23.4 Å². The fourth-order valence-corrected chi connectivity index (χ4v) is 6.52. The predicted molar refractivity (Wildman–Crippen MR) is 156 cm³/mol. The van der Waals surface area contributed by atoms with Gasteiger partial charge in [0.05, 0.1) is 35.5 Å². The Bertz CT molecular complexity index is 1450. The van der Waals surface area contributed by atoms with Crippen LogP contribution >= 0.6 is 0 Å². The Balaban J connectivity index is 1.29. The highest BCUT2D eigenvalue weighted by molar-refractivity contribution is 7.93. The van der Waals surface area contributed by atoms with E-state index in [9.17, 15) is 13.2 Å². The third-order valence-electron chi connectivity index (χ3n) is 7.06.